The fraction of sp³-hybridized carbons (Fsp3) is 0.278. The van der Waals surface area contributed by atoms with Crippen molar-refractivity contribution < 1.29 is 4.79 Å². The SMILES string of the molecule is CCCN1C(=O)CNC(c2ccccc2)c2ccccc21. The van der Waals surface area contributed by atoms with Gasteiger partial charge in [0.15, 0.2) is 0 Å². The highest BCUT2D eigenvalue weighted by Crippen LogP contribution is 2.32. The molecule has 3 heteroatoms. The molecule has 2 aromatic rings. The molecule has 1 unspecified atom stereocenters. The van der Waals surface area contributed by atoms with Crippen molar-refractivity contribution in [2.75, 3.05) is 18.0 Å². The highest BCUT2D eigenvalue weighted by atomic mass is 16.2. The van der Waals surface area contributed by atoms with Gasteiger partial charge in [-0.3, -0.25) is 10.1 Å². The molecule has 0 bridgehead atoms. The molecule has 0 aliphatic carbocycles. The van der Waals surface area contributed by atoms with Gasteiger partial charge < -0.3 is 4.90 Å². The Morgan fingerprint density at radius 2 is 1.81 bits per heavy atom. The van der Waals surface area contributed by atoms with E-state index in [2.05, 4.69) is 30.4 Å². The molecule has 0 saturated carbocycles. The molecule has 1 aliphatic heterocycles. The number of para-hydroxylation sites is 1. The summed E-state index contributed by atoms with van der Waals surface area (Å²) in [5.41, 5.74) is 3.39. The first-order valence-electron chi connectivity index (χ1n) is 7.49. The van der Waals surface area contributed by atoms with Gasteiger partial charge in [-0.15, -0.1) is 0 Å². The lowest BCUT2D eigenvalue weighted by Crippen LogP contribution is -2.36. The Labute approximate surface area is 125 Å². The molecule has 0 aromatic heterocycles. The van der Waals surface area contributed by atoms with E-state index in [0.717, 1.165) is 18.7 Å². The lowest BCUT2D eigenvalue weighted by molar-refractivity contribution is -0.117. The number of amides is 1. The van der Waals surface area contributed by atoms with Crippen LogP contribution >= 0.6 is 0 Å². The van der Waals surface area contributed by atoms with E-state index < -0.39 is 0 Å². The standard InChI is InChI=1S/C18H20N2O/c1-2-12-20-16-11-7-6-10-15(16)18(19-13-17(20)21)14-8-4-3-5-9-14/h3-11,18-19H,2,12-13H2,1H3. The highest BCUT2D eigenvalue weighted by Gasteiger charge is 2.27. The van der Waals surface area contributed by atoms with Gasteiger partial charge in [-0.1, -0.05) is 55.5 Å². The Morgan fingerprint density at radius 1 is 1.10 bits per heavy atom. The number of hydrogen-bond donors (Lipinski definition) is 1. The second-order valence-electron chi connectivity index (χ2n) is 5.33. The zero-order valence-corrected chi connectivity index (χ0v) is 12.3. The van der Waals surface area contributed by atoms with E-state index in [0.29, 0.717) is 6.54 Å². The van der Waals surface area contributed by atoms with E-state index >= 15 is 0 Å². The third-order valence-corrected chi connectivity index (χ3v) is 3.88. The van der Waals surface area contributed by atoms with Crippen LogP contribution in [0.15, 0.2) is 54.6 Å². The summed E-state index contributed by atoms with van der Waals surface area (Å²) in [5, 5.41) is 3.40. The van der Waals surface area contributed by atoms with Gasteiger partial charge in [0.25, 0.3) is 0 Å². The van der Waals surface area contributed by atoms with Gasteiger partial charge in [-0.05, 0) is 23.6 Å². The monoisotopic (exact) mass is 280 g/mol. The van der Waals surface area contributed by atoms with Gasteiger partial charge in [0, 0.05) is 12.2 Å². The first-order chi connectivity index (χ1) is 10.3. The van der Waals surface area contributed by atoms with E-state index in [1.165, 1.54) is 11.1 Å². The summed E-state index contributed by atoms with van der Waals surface area (Å²) in [6.07, 6.45) is 0.954. The maximum absolute atomic E-state index is 12.4. The maximum atomic E-state index is 12.4. The second-order valence-corrected chi connectivity index (χ2v) is 5.33. The van der Waals surface area contributed by atoms with Crippen molar-refractivity contribution >= 4 is 11.6 Å². The first kappa shape index (κ1) is 13.8. The fourth-order valence-electron chi connectivity index (χ4n) is 2.92. The molecule has 0 saturated heterocycles. The summed E-state index contributed by atoms with van der Waals surface area (Å²) in [6.45, 7) is 3.23. The summed E-state index contributed by atoms with van der Waals surface area (Å²) in [6, 6.07) is 18.6. The zero-order valence-electron chi connectivity index (χ0n) is 12.3. The Morgan fingerprint density at radius 3 is 2.57 bits per heavy atom. The second kappa shape index (κ2) is 6.10. The van der Waals surface area contributed by atoms with Gasteiger partial charge in [0.2, 0.25) is 5.91 Å². The topological polar surface area (TPSA) is 32.3 Å². The highest BCUT2D eigenvalue weighted by molar-refractivity contribution is 5.96. The average Bonchev–Trinajstić information content (AvgIpc) is 2.67. The molecular formula is C18H20N2O. The fourth-order valence-corrected chi connectivity index (χ4v) is 2.92. The summed E-state index contributed by atoms with van der Waals surface area (Å²) >= 11 is 0. The lowest BCUT2D eigenvalue weighted by Gasteiger charge is -2.23. The summed E-state index contributed by atoms with van der Waals surface area (Å²) in [5.74, 6) is 0.141. The minimum Gasteiger partial charge on any atom is -0.311 e. The molecule has 2 aromatic carbocycles. The number of hydrogen-bond acceptors (Lipinski definition) is 2. The Bertz CT molecular complexity index is 624. The molecule has 3 nitrogen and oxygen atoms in total. The Hall–Kier alpha value is -2.13. The Balaban J connectivity index is 2.08. The summed E-state index contributed by atoms with van der Waals surface area (Å²) in [4.78, 5) is 14.3. The van der Waals surface area contributed by atoms with E-state index in [1.54, 1.807) is 0 Å². The molecule has 1 heterocycles. The number of nitrogens with one attached hydrogen (secondary N) is 1. The van der Waals surface area contributed by atoms with E-state index in [1.807, 2.05) is 41.3 Å². The van der Waals surface area contributed by atoms with Crippen molar-refractivity contribution in [3.05, 3.63) is 65.7 Å². The molecule has 0 spiro atoms. The smallest absolute Gasteiger partial charge is 0.240 e. The number of carbonyl (C=O) groups excluding carboxylic acids is 1. The molecule has 1 atom stereocenters. The average molecular weight is 280 g/mol. The molecule has 1 aliphatic rings. The molecule has 0 fully saturated rings. The van der Waals surface area contributed by atoms with Crippen LogP contribution in [0.1, 0.15) is 30.5 Å². The third-order valence-electron chi connectivity index (χ3n) is 3.88. The molecular weight excluding hydrogens is 260 g/mol. The van der Waals surface area contributed by atoms with E-state index in [9.17, 15) is 4.79 Å². The van der Waals surface area contributed by atoms with Crippen molar-refractivity contribution in [2.45, 2.75) is 19.4 Å². The number of benzene rings is 2. The van der Waals surface area contributed by atoms with Crippen LogP contribution in [0.2, 0.25) is 0 Å². The third kappa shape index (κ3) is 2.69. The minimum atomic E-state index is 0.0632. The van der Waals surface area contributed by atoms with Crippen molar-refractivity contribution in [3.8, 4) is 0 Å². The lowest BCUT2D eigenvalue weighted by atomic mass is 9.97. The number of fused-ring (bicyclic) bond motifs is 1. The van der Waals surface area contributed by atoms with Crippen LogP contribution in [0.4, 0.5) is 5.69 Å². The van der Waals surface area contributed by atoms with Crippen molar-refractivity contribution in [1.82, 2.24) is 5.32 Å². The Kier molecular flexibility index (Phi) is 4.02. The predicted molar refractivity (Wildman–Crippen MR) is 85.4 cm³/mol. The van der Waals surface area contributed by atoms with Crippen LogP contribution in [0.3, 0.4) is 0 Å². The van der Waals surface area contributed by atoms with Gasteiger partial charge in [-0.25, -0.2) is 0 Å². The number of carbonyl (C=O) groups is 1. The van der Waals surface area contributed by atoms with Gasteiger partial charge in [-0.2, -0.15) is 0 Å². The van der Waals surface area contributed by atoms with Crippen LogP contribution in [0.5, 0.6) is 0 Å². The zero-order chi connectivity index (χ0) is 14.7. The van der Waals surface area contributed by atoms with Crippen LogP contribution in [-0.4, -0.2) is 19.0 Å². The van der Waals surface area contributed by atoms with Crippen molar-refractivity contribution in [3.63, 3.8) is 0 Å². The molecule has 21 heavy (non-hydrogen) atoms. The van der Waals surface area contributed by atoms with E-state index in [4.69, 9.17) is 0 Å². The molecule has 3 rings (SSSR count). The van der Waals surface area contributed by atoms with Crippen LogP contribution in [0, 0.1) is 0 Å². The van der Waals surface area contributed by atoms with Crippen molar-refractivity contribution in [1.29, 1.82) is 0 Å². The van der Waals surface area contributed by atoms with Crippen LogP contribution < -0.4 is 10.2 Å². The number of anilines is 1. The molecule has 108 valence electrons. The summed E-state index contributed by atoms with van der Waals surface area (Å²) < 4.78 is 0. The molecule has 1 amide bonds. The maximum Gasteiger partial charge on any atom is 0.240 e. The van der Waals surface area contributed by atoms with Gasteiger partial charge in [0.05, 0.1) is 12.6 Å². The normalized spacial score (nSPS) is 18.2. The predicted octanol–water partition coefficient (Wildman–Crippen LogP) is 3.12. The van der Waals surface area contributed by atoms with Gasteiger partial charge >= 0.3 is 0 Å². The summed E-state index contributed by atoms with van der Waals surface area (Å²) in [7, 11) is 0. The van der Waals surface area contributed by atoms with Gasteiger partial charge in [0.1, 0.15) is 0 Å². The van der Waals surface area contributed by atoms with Crippen LogP contribution in [0.25, 0.3) is 0 Å². The van der Waals surface area contributed by atoms with Crippen LogP contribution in [-0.2, 0) is 4.79 Å². The largest absolute Gasteiger partial charge is 0.311 e. The quantitative estimate of drug-likeness (QED) is 0.937. The molecule has 1 N–H and O–H groups in total. The van der Waals surface area contributed by atoms with Crippen molar-refractivity contribution in [2.24, 2.45) is 0 Å². The van der Waals surface area contributed by atoms with E-state index in [-0.39, 0.29) is 11.9 Å². The molecule has 0 radical (unpaired) electrons. The minimum absolute atomic E-state index is 0.0632. The number of nitrogens with zero attached hydrogens (tertiary/aromatic N) is 1. The number of rotatable bonds is 3. The first-order valence-corrected chi connectivity index (χ1v) is 7.49.